The monoisotopic (exact) mass is 259 g/mol. The van der Waals surface area contributed by atoms with Crippen LogP contribution in [0.2, 0.25) is 0 Å². The minimum Gasteiger partial charge on any atom is -0.330 e. The molecule has 18 heavy (non-hydrogen) atoms. The third kappa shape index (κ3) is 3.01. The van der Waals surface area contributed by atoms with Gasteiger partial charge in [-0.1, -0.05) is 44.2 Å². The van der Waals surface area contributed by atoms with Gasteiger partial charge in [0, 0.05) is 10.8 Å². The van der Waals surface area contributed by atoms with Crippen molar-refractivity contribution in [3.63, 3.8) is 0 Å². The van der Waals surface area contributed by atoms with Gasteiger partial charge in [-0.25, -0.2) is 0 Å². The zero-order valence-electron chi connectivity index (χ0n) is 11.1. The van der Waals surface area contributed by atoms with Crippen molar-refractivity contribution < 1.29 is 0 Å². The summed E-state index contributed by atoms with van der Waals surface area (Å²) in [5.74, 6) is 1.05. The van der Waals surface area contributed by atoms with Crippen molar-refractivity contribution in [3.8, 4) is 0 Å². The molecule has 1 atom stereocenters. The predicted octanol–water partition coefficient (Wildman–Crippen LogP) is 4.35. The first-order valence-corrected chi connectivity index (χ1v) is 7.43. The second-order valence-electron chi connectivity index (χ2n) is 4.97. The summed E-state index contributed by atoms with van der Waals surface area (Å²) >= 11 is 1.82. The molecule has 0 radical (unpaired) electrons. The van der Waals surface area contributed by atoms with Gasteiger partial charge in [-0.3, -0.25) is 0 Å². The Morgan fingerprint density at radius 2 is 1.72 bits per heavy atom. The Morgan fingerprint density at radius 1 is 1.06 bits per heavy atom. The summed E-state index contributed by atoms with van der Waals surface area (Å²) in [7, 11) is 0. The van der Waals surface area contributed by atoms with E-state index in [1.54, 1.807) is 0 Å². The molecular formula is C16H21NS. The van der Waals surface area contributed by atoms with Crippen LogP contribution in [0.5, 0.6) is 0 Å². The van der Waals surface area contributed by atoms with Gasteiger partial charge in [-0.05, 0) is 41.5 Å². The summed E-state index contributed by atoms with van der Waals surface area (Å²) in [6.45, 7) is 5.19. The van der Waals surface area contributed by atoms with E-state index in [2.05, 4.69) is 55.6 Å². The Morgan fingerprint density at radius 3 is 2.22 bits per heavy atom. The maximum Gasteiger partial charge on any atom is 0.0195 e. The standard InChI is InChI=1S/C16H21NS/c1-12(2)13-5-7-14(8-6-13)15(9-10-17)16-4-3-11-18-16/h3-8,11-12,15H,9-10,17H2,1-2H3. The highest BCUT2D eigenvalue weighted by Gasteiger charge is 2.14. The van der Waals surface area contributed by atoms with Gasteiger partial charge in [-0.15, -0.1) is 11.3 Å². The third-order valence-electron chi connectivity index (χ3n) is 3.35. The Balaban J connectivity index is 2.26. The summed E-state index contributed by atoms with van der Waals surface area (Å²) in [5.41, 5.74) is 8.54. The number of benzene rings is 1. The average Bonchev–Trinajstić information content (AvgIpc) is 2.90. The topological polar surface area (TPSA) is 26.0 Å². The molecular weight excluding hydrogens is 238 g/mol. The van der Waals surface area contributed by atoms with Gasteiger partial charge in [0.1, 0.15) is 0 Å². The van der Waals surface area contributed by atoms with Crippen LogP contribution in [0.4, 0.5) is 0 Å². The molecule has 0 bridgehead atoms. The first-order valence-electron chi connectivity index (χ1n) is 6.55. The van der Waals surface area contributed by atoms with Gasteiger partial charge >= 0.3 is 0 Å². The van der Waals surface area contributed by atoms with Gasteiger partial charge in [0.05, 0.1) is 0 Å². The van der Waals surface area contributed by atoms with Crippen molar-refractivity contribution in [3.05, 3.63) is 57.8 Å². The molecule has 0 saturated heterocycles. The minimum atomic E-state index is 0.455. The lowest BCUT2D eigenvalue weighted by molar-refractivity contribution is 0.736. The molecule has 0 saturated carbocycles. The smallest absolute Gasteiger partial charge is 0.0195 e. The molecule has 0 aliphatic carbocycles. The van der Waals surface area contributed by atoms with Crippen LogP contribution in [0.3, 0.4) is 0 Å². The van der Waals surface area contributed by atoms with Crippen LogP contribution in [-0.4, -0.2) is 6.54 Å². The lowest BCUT2D eigenvalue weighted by Crippen LogP contribution is -2.07. The normalized spacial score (nSPS) is 12.9. The van der Waals surface area contributed by atoms with Gasteiger partial charge in [0.2, 0.25) is 0 Å². The number of thiophene rings is 1. The zero-order valence-corrected chi connectivity index (χ0v) is 11.9. The largest absolute Gasteiger partial charge is 0.330 e. The van der Waals surface area contributed by atoms with Crippen LogP contribution >= 0.6 is 11.3 Å². The van der Waals surface area contributed by atoms with Crippen molar-refractivity contribution >= 4 is 11.3 Å². The number of nitrogens with two attached hydrogens (primary N) is 1. The van der Waals surface area contributed by atoms with E-state index in [-0.39, 0.29) is 0 Å². The van der Waals surface area contributed by atoms with Crippen molar-refractivity contribution in [1.29, 1.82) is 0 Å². The maximum atomic E-state index is 5.76. The minimum absolute atomic E-state index is 0.455. The summed E-state index contributed by atoms with van der Waals surface area (Å²) in [4.78, 5) is 1.41. The molecule has 2 aromatic rings. The highest BCUT2D eigenvalue weighted by Crippen LogP contribution is 2.31. The second kappa shape index (κ2) is 6.17. The SMILES string of the molecule is CC(C)c1ccc(C(CCN)c2cccs2)cc1. The molecule has 0 aliphatic rings. The first-order chi connectivity index (χ1) is 8.72. The van der Waals surface area contributed by atoms with E-state index in [0.29, 0.717) is 11.8 Å². The fourth-order valence-electron chi connectivity index (χ4n) is 2.24. The Hall–Kier alpha value is -1.12. The first kappa shape index (κ1) is 13.3. The Bertz CT molecular complexity index is 456. The van der Waals surface area contributed by atoms with Crippen molar-refractivity contribution in [2.75, 3.05) is 6.54 Å². The molecule has 96 valence electrons. The summed E-state index contributed by atoms with van der Waals surface area (Å²) in [5, 5.41) is 2.14. The lowest BCUT2D eigenvalue weighted by Gasteiger charge is -2.16. The molecule has 0 aliphatic heterocycles. The van der Waals surface area contributed by atoms with Gasteiger partial charge in [0.15, 0.2) is 0 Å². The van der Waals surface area contributed by atoms with Crippen molar-refractivity contribution in [2.45, 2.75) is 32.1 Å². The number of hydrogen-bond donors (Lipinski definition) is 1. The molecule has 1 aromatic heterocycles. The van der Waals surface area contributed by atoms with E-state index >= 15 is 0 Å². The molecule has 2 N–H and O–H groups in total. The summed E-state index contributed by atoms with van der Waals surface area (Å²) in [6, 6.07) is 13.3. The van der Waals surface area contributed by atoms with Crippen molar-refractivity contribution in [1.82, 2.24) is 0 Å². The molecule has 1 aromatic carbocycles. The van der Waals surface area contributed by atoms with Gasteiger partial charge < -0.3 is 5.73 Å². The molecule has 0 spiro atoms. The fourth-order valence-corrected chi connectivity index (χ4v) is 3.13. The average molecular weight is 259 g/mol. The highest BCUT2D eigenvalue weighted by atomic mass is 32.1. The Kier molecular flexibility index (Phi) is 4.56. The maximum absolute atomic E-state index is 5.76. The van der Waals surface area contributed by atoms with Crippen LogP contribution in [0.1, 0.15) is 48.1 Å². The molecule has 1 unspecified atom stereocenters. The lowest BCUT2D eigenvalue weighted by atomic mass is 9.92. The van der Waals surface area contributed by atoms with Gasteiger partial charge in [-0.2, -0.15) is 0 Å². The number of rotatable bonds is 5. The molecule has 1 nitrogen and oxygen atoms in total. The molecule has 2 heteroatoms. The quantitative estimate of drug-likeness (QED) is 0.848. The van der Waals surface area contributed by atoms with Crippen molar-refractivity contribution in [2.24, 2.45) is 5.73 Å². The van der Waals surface area contributed by atoms with Crippen LogP contribution in [0.25, 0.3) is 0 Å². The Labute approximate surface area is 114 Å². The summed E-state index contributed by atoms with van der Waals surface area (Å²) < 4.78 is 0. The van der Waals surface area contributed by atoms with E-state index < -0.39 is 0 Å². The molecule has 0 amide bonds. The van der Waals surface area contributed by atoms with Crippen LogP contribution in [0.15, 0.2) is 41.8 Å². The van der Waals surface area contributed by atoms with Crippen LogP contribution in [0, 0.1) is 0 Å². The second-order valence-corrected chi connectivity index (χ2v) is 5.95. The van der Waals surface area contributed by atoms with E-state index in [1.807, 2.05) is 11.3 Å². The third-order valence-corrected chi connectivity index (χ3v) is 4.33. The van der Waals surface area contributed by atoms with E-state index in [9.17, 15) is 0 Å². The van der Waals surface area contributed by atoms with Crippen LogP contribution in [-0.2, 0) is 0 Å². The highest BCUT2D eigenvalue weighted by molar-refractivity contribution is 7.10. The molecule has 0 fully saturated rings. The van der Waals surface area contributed by atoms with Gasteiger partial charge in [0.25, 0.3) is 0 Å². The number of hydrogen-bond acceptors (Lipinski definition) is 2. The van der Waals surface area contributed by atoms with E-state index in [4.69, 9.17) is 5.73 Å². The fraction of sp³-hybridized carbons (Fsp3) is 0.375. The predicted molar refractivity (Wildman–Crippen MR) is 80.4 cm³/mol. The van der Waals surface area contributed by atoms with E-state index in [0.717, 1.165) is 13.0 Å². The van der Waals surface area contributed by atoms with E-state index in [1.165, 1.54) is 16.0 Å². The zero-order chi connectivity index (χ0) is 13.0. The summed E-state index contributed by atoms with van der Waals surface area (Å²) in [6.07, 6.45) is 1.02. The molecule has 1 heterocycles. The molecule has 2 rings (SSSR count). The van der Waals surface area contributed by atoms with Crippen LogP contribution < -0.4 is 5.73 Å².